The molecule has 1 rings (SSSR count). The second-order valence-electron chi connectivity index (χ2n) is 4.10. The molecule has 1 unspecified atom stereocenters. The van der Waals surface area contributed by atoms with Crippen LogP contribution < -0.4 is 5.32 Å². The minimum absolute atomic E-state index is 0.0217. The number of carbonyl (C=O) groups is 1. The van der Waals surface area contributed by atoms with Gasteiger partial charge in [0.15, 0.2) is 0 Å². The first-order valence-electron chi connectivity index (χ1n) is 5.76. The van der Waals surface area contributed by atoms with Gasteiger partial charge in [-0.3, -0.25) is 4.79 Å². The fourth-order valence-electron chi connectivity index (χ4n) is 1.53. The van der Waals surface area contributed by atoms with Gasteiger partial charge in [0.05, 0.1) is 0 Å². The summed E-state index contributed by atoms with van der Waals surface area (Å²) in [5.74, 6) is -0.0525. The van der Waals surface area contributed by atoms with Gasteiger partial charge < -0.3 is 10.4 Å². The zero-order valence-electron chi connectivity index (χ0n) is 9.95. The summed E-state index contributed by atoms with van der Waals surface area (Å²) < 4.78 is 0. The van der Waals surface area contributed by atoms with Gasteiger partial charge in [0.1, 0.15) is 0 Å². The van der Waals surface area contributed by atoms with Crippen LogP contribution in [0.5, 0.6) is 0 Å². The third-order valence-electron chi connectivity index (χ3n) is 2.54. The quantitative estimate of drug-likeness (QED) is 0.764. The van der Waals surface area contributed by atoms with Crippen LogP contribution in [0.1, 0.15) is 18.9 Å². The number of hydrogen-bond donors (Lipinski definition) is 2. The topological polar surface area (TPSA) is 49.3 Å². The summed E-state index contributed by atoms with van der Waals surface area (Å²) in [4.78, 5) is 11.7. The molecule has 1 amide bonds. The van der Waals surface area contributed by atoms with Crippen molar-refractivity contribution in [1.82, 2.24) is 5.32 Å². The van der Waals surface area contributed by atoms with E-state index in [4.69, 9.17) is 16.7 Å². The lowest BCUT2D eigenvalue weighted by atomic mass is 10.0. The second-order valence-corrected chi connectivity index (χ2v) is 4.54. The molecule has 0 aliphatic rings. The molecule has 0 spiro atoms. The van der Waals surface area contributed by atoms with E-state index in [2.05, 4.69) is 5.32 Å². The number of rotatable bonds is 6. The Morgan fingerprint density at radius 2 is 2.06 bits per heavy atom. The number of nitrogens with one attached hydrogen (secondary N) is 1. The normalized spacial score (nSPS) is 12.2. The van der Waals surface area contributed by atoms with E-state index in [0.717, 1.165) is 5.56 Å². The average Bonchev–Trinajstić information content (AvgIpc) is 2.32. The highest BCUT2D eigenvalue weighted by Crippen LogP contribution is 2.13. The van der Waals surface area contributed by atoms with Gasteiger partial charge in [-0.25, -0.2) is 0 Å². The predicted molar refractivity (Wildman–Crippen MR) is 69.0 cm³/mol. The molecule has 0 aliphatic heterocycles. The van der Waals surface area contributed by atoms with Crippen molar-refractivity contribution in [3.63, 3.8) is 0 Å². The van der Waals surface area contributed by atoms with Crippen molar-refractivity contribution >= 4 is 17.5 Å². The summed E-state index contributed by atoms with van der Waals surface area (Å²) in [6.45, 7) is 2.52. The van der Waals surface area contributed by atoms with E-state index in [1.807, 2.05) is 31.2 Å². The van der Waals surface area contributed by atoms with Crippen LogP contribution in [-0.2, 0) is 11.2 Å². The summed E-state index contributed by atoms with van der Waals surface area (Å²) in [7, 11) is 0. The summed E-state index contributed by atoms with van der Waals surface area (Å²) in [6.07, 6.45) is 1.29. The zero-order valence-corrected chi connectivity index (χ0v) is 10.7. The van der Waals surface area contributed by atoms with Crippen LogP contribution in [0.3, 0.4) is 0 Å². The van der Waals surface area contributed by atoms with E-state index in [1.54, 1.807) is 0 Å². The van der Waals surface area contributed by atoms with Gasteiger partial charge in [-0.15, -0.1) is 0 Å². The maximum Gasteiger partial charge on any atom is 0.223 e. The highest BCUT2D eigenvalue weighted by atomic mass is 35.5. The Labute approximate surface area is 107 Å². The molecule has 1 aromatic rings. The van der Waals surface area contributed by atoms with Crippen LogP contribution in [0.4, 0.5) is 0 Å². The van der Waals surface area contributed by atoms with Gasteiger partial charge in [-0.05, 0) is 30.5 Å². The van der Waals surface area contributed by atoms with Crippen LogP contribution >= 0.6 is 11.6 Å². The molecule has 0 heterocycles. The molecule has 2 N–H and O–H groups in total. The first-order valence-corrected chi connectivity index (χ1v) is 6.14. The summed E-state index contributed by atoms with van der Waals surface area (Å²) in [6, 6.07) is 7.51. The Morgan fingerprint density at radius 1 is 1.41 bits per heavy atom. The molecular weight excluding hydrogens is 238 g/mol. The minimum atomic E-state index is -0.0742. The number of aliphatic hydroxyl groups excluding tert-OH is 1. The highest BCUT2D eigenvalue weighted by molar-refractivity contribution is 6.30. The number of halogens is 1. The Hall–Kier alpha value is -1.06. The zero-order chi connectivity index (χ0) is 12.7. The molecule has 0 aromatic heterocycles. The van der Waals surface area contributed by atoms with Gasteiger partial charge in [0, 0.05) is 24.1 Å². The van der Waals surface area contributed by atoms with E-state index in [1.165, 1.54) is 0 Å². The maximum atomic E-state index is 11.7. The van der Waals surface area contributed by atoms with Gasteiger partial charge in [-0.1, -0.05) is 30.7 Å². The predicted octanol–water partition coefficient (Wildman–Crippen LogP) is 2.02. The lowest BCUT2D eigenvalue weighted by Crippen LogP contribution is -2.31. The van der Waals surface area contributed by atoms with Crippen molar-refractivity contribution < 1.29 is 9.90 Å². The first kappa shape index (κ1) is 14.0. The third kappa shape index (κ3) is 5.20. The van der Waals surface area contributed by atoms with Gasteiger partial charge in [0.2, 0.25) is 5.91 Å². The molecule has 0 saturated heterocycles. The number of benzene rings is 1. The van der Waals surface area contributed by atoms with Crippen LogP contribution in [0, 0.1) is 5.92 Å². The highest BCUT2D eigenvalue weighted by Gasteiger charge is 2.12. The molecule has 94 valence electrons. The lowest BCUT2D eigenvalue weighted by molar-refractivity contribution is -0.124. The van der Waals surface area contributed by atoms with Crippen LogP contribution in [0.25, 0.3) is 0 Å². The molecule has 0 bridgehead atoms. The Bertz CT molecular complexity index is 351. The standard InChI is InChI=1S/C13H18ClNO2/c1-10(13(17)15-7-2-8-16)9-11-3-5-12(14)6-4-11/h3-6,10,16H,2,7-9H2,1H3,(H,15,17). The van der Waals surface area contributed by atoms with Crippen molar-refractivity contribution in [1.29, 1.82) is 0 Å². The van der Waals surface area contributed by atoms with Crippen LogP contribution in [-0.4, -0.2) is 24.2 Å². The lowest BCUT2D eigenvalue weighted by Gasteiger charge is -2.11. The minimum Gasteiger partial charge on any atom is -0.396 e. The Morgan fingerprint density at radius 3 is 2.65 bits per heavy atom. The number of aliphatic hydroxyl groups is 1. The first-order chi connectivity index (χ1) is 8.13. The molecule has 0 aliphatic carbocycles. The molecule has 0 fully saturated rings. The fourth-order valence-corrected chi connectivity index (χ4v) is 1.66. The van der Waals surface area contributed by atoms with E-state index in [0.29, 0.717) is 24.4 Å². The van der Waals surface area contributed by atoms with Crippen molar-refractivity contribution in [3.05, 3.63) is 34.9 Å². The van der Waals surface area contributed by atoms with Crippen LogP contribution in [0.2, 0.25) is 5.02 Å². The fraction of sp³-hybridized carbons (Fsp3) is 0.462. The molecular formula is C13H18ClNO2. The monoisotopic (exact) mass is 255 g/mol. The summed E-state index contributed by atoms with van der Waals surface area (Å²) in [5, 5.41) is 12.1. The van der Waals surface area contributed by atoms with Crippen molar-refractivity contribution in [2.24, 2.45) is 5.92 Å². The van der Waals surface area contributed by atoms with Crippen LogP contribution in [0.15, 0.2) is 24.3 Å². The van der Waals surface area contributed by atoms with Crippen molar-refractivity contribution in [2.45, 2.75) is 19.8 Å². The SMILES string of the molecule is CC(Cc1ccc(Cl)cc1)C(=O)NCCCO. The van der Waals surface area contributed by atoms with E-state index in [-0.39, 0.29) is 18.4 Å². The molecule has 0 saturated carbocycles. The summed E-state index contributed by atoms with van der Waals surface area (Å²) >= 11 is 5.79. The third-order valence-corrected chi connectivity index (χ3v) is 2.79. The summed E-state index contributed by atoms with van der Waals surface area (Å²) in [5.41, 5.74) is 1.10. The van der Waals surface area contributed by atoms with E-state index < -0.39 is 0 Å². The second kappa shape index (κ2) is 7.30. The van der Waals surface area contributed by atoms with Crippen molar-refractivity contribution in [3.8, 4) is 0 Å². The molecule has 3 nitrogen and oxygen atoms in total. The molecule has 17 heavy (non-hydrogen) atoms. The Balaban J connectivity index is 2.40. The maximum absolute atomic E-state index is 11.7. The number of amides is 1. The smallest absolute Gasteiger partial charge is 0.223 e. The molecule has 0 radical (unpaired) electrons. The van der Waals surface area contributed by atoms with Gasteiger partial charge in [0.25, 0.3) is 0 Å². The average molecular weight is 256 g/mol. The van der Waals surface area contributed by atoms with E-state index >= 15 is 0 Å². The molecule has 1 atom stereocenters. The Kier molecular flexibility index (Phi) is 6.01. The van der Waals surface area contributed by atoms with Gasteiger partial charge in [-0.2, -0.15) is 0 Å². The van der Waals surface area contributed by atoms with E-state index in [9.17, 15) is 4.79 Å². The molecule has 4 heteroatoms. The van der Waals surface area contributed by atoms with Crippen molar-refractivity contribution in [2.75, 3.05) is 13.2 Å². The molecule has 1 aromatic carbocycles. The van der Waals surface area contributed by atoms with Gasteiger partial charge >= 0.3 is 0 Å². The largest absolute Gasteiger partial charge is 0.396 e. The number of hydrogen-bond acceptors (Lipinski definition) is 2. The number of carbonyl (C=O) groups excluding carboxylic acids is 1.